The van der Waals surface area contributed by atoms with Gasteiger partial charge in [-0.15, -0.1) is 0 Å². The van der Waals surface area contributed by atoms with E-state index in [2.05, 4.69) is 25.8 Å². The minimum atomic E-state index is -0.542. The molecule has 0 bridgehead atoms. The number of carbonyl (C=O) groups is 2. The average Bonchev–Trinajstić information content (AvgIpc) is 2.93. The van der Waals surface area contributed by atoms with Crippen LogP contribution in [-0.4, -0.2) is 65.5 Å². The molecule has 0 radical (unpaired) electrons. The monoisotopic (exact) mass is 521 g/mol. The van der Waals surface area contributed by atoms with Gasteiger partial charge in [-0.2, -0.15) is 0 Å². The first-order valence-corrected chi connectivity index (χ1v) is 12.4. The second-order valence-electron chi connectivity index (χ2n) is 8.72. The minimum absolute atomic E-state index is 0.265. The molecule has 3 amide bonds. The third-order valence-corrected chi connectivity index (χ3v) is 6.22. The summed E-state index contributed by atoms with van der Waals surface area (Å²) in [5.41, 5.74) is 3.01. The van der Waals surface area contributed by atoms with Crippen LogP contribution in [0.5, 0.6) is 5.75 Å². The Bertz CT molecular complexity index is 1260. The number of piperazine rings is 1. The summed E-state index contributed by atoms with van der Waals surface area (Å²) in [5.74, 6) is 0.109. The van der Waals surface area contributed by atoms with Gasteiger partial charge in [-0.25, -0.2) is 9.18 Å². The zero-order valence-electron chi connectivity index (χ0n) is 21.5. The van der Waals surface area contributed by atoms with Crippen molar-refractivity contribution in [1.82, 2.24) is 5.32 Å². The predicted molar refractivity (Wildman–Crippen MR) is 147 cm³/mol. The number of amides is 3. The van der Waals surface area contributed by atoms with Gasteiger partial charge in [0.1, 0.15) is 11.6 Å². The maximum Gasteiger partial charge on any atom is 0.323 e. The number of para-hydroxylation sites is 2. The second-order valence-corrected chi connectivity index (χ2v) is 8.72. The van der Waals surface area contributed by atoms with Crippen molar-refractivity contribution in [3.8, 4) is 5.75 Å². The van der Waals surface area contributed by atoms with E-state index in [0.29, 0.717) is 43.2 Å². The van der Waals surface area contributed by atoms with E-state index in [0.717, 1.165) is 30.2 Å². The zero-order chi connectivity index (χ0) is 26.9. The Hall–Kier alpha value is -4.31. The number of rotatable bonds is 9. The standard InChI is InChI=1S/C28H32FN5O4/c1-37-17-12-30-27(35)23-19-22(32-28(36)31-21-7-5-6-20(29)18-21)10-11-24(23)33-13-15-34(16-14-33)25-8-3-4-9-26(25)38-2/h3-11,18-19H,12-17H2,1-2H3,(H,30,35)(H2,31,32,36). The Balaban J connectivity index is 1.50. The first-order valence-electron chi connectivity index (χ1n) is 12.4. The van der Waals surface area contributed by atoms with Crippen LogP contribution in [0, 0.1) is 5.82 Å². The number of urea groups is 1. The minimum Gasteiger partial charge on any atom is -0.495 e. The average molecular weight is 522 g/mol. The molecule has 1 fully saturated rings. The van der Waals surface area contributed by atoms with Crippen molar-refractivity contribution in [1.29, 1.82) is 0 Å². The summed E-state index contributed by atoms with van der Waals surface area (Å²) >= 11 is 0. The van der Waals surface area contributed by atoms with Crippen LogP contribution >= 0.6 is 0 Å². The van der Waals surface area contributed by atoms with E-state index in [1.807, 2.05) is 30.3 Å². The predicted octanol–water partition coefficient (Wildman–Crippen LogP) is 4.18. The number of methoxy groups -OCH3 is 2. The normalized spacial score (nSPS) is 13.1. The van der Waals surface area contributed by atoms with E-state index in [1.165, 1.54) is 18.2 Å². The summed E-state index contributed by atoms with van der Waals surface area (Å²) in [7, 11) is 3.23. The highest BCUT2D eigenvalue weighted by molar-refractivity contribution is 6.04. The van der Waals surface area contributed by atoms with E-state index < -0.39 is 11.8 Å². The molecule has 9 nitrogen and oxygen atoms in total. The Morgan fingerprint density at radius 3 is 2.21 bits per heavy atom. The van der Waals surface area contributed by atoms with Gasteiger partial charge in [-0.1, -0.05) is 18.2 Å². The van der Waals surface area contributed by atoms with Gasteiger partial charge >= 0.3 is 6.03 Å². The van der Waals surface area contributed by atoms with Gasteiger partial charge in [0.05, 0.1) is 25.0 Å². The molecule has 1 aliphatic heterocycles. The number of anilines is 4. The molecule has 38 heavy (non-hydrogen) atoms. The smallest absolute Gasteiger partial charge is 0.323 e. The Morgan fingerprint density at radius 1 is 0.842 bits per heavy atom. The maximum atomic E-state index is 13.5. The SMILES string of the molecule is COCCNC(=O)c1cc(NC(=O)Nc2cccc(F)c2)ccc1N1CCN(c2ccccc2OC)CC1. The summed E-state index contributed by atoms with van der Waals surface area (Å²) < 4.78 is 24.0. The van der Waals surface area contributed by atoms with Crippen LogP contribution in [0.25, 0.3) is 0 Å². The molecule has 200 valence electrons. The number of nitrogens with zero attached hydrogens (tertiary/aromatic N) is 2. The topological polar surface area (TPSA) is 95.2 Å². The first kappa shape index (κ1) is 26.7. The molecule has 1 heterocycles. The lowest BCUT2D eigenvalue weighted by molar-refractivity contribution is 0.0937. The van der Waals surface area contributed by atoms with E-state index in [4.69, 9.17) is 9.47 Å². The number of hydrogen-bond acceptors (Lipinski definition) is 6. The molecular weight excluding hydrogens is 489 g/mol. The van der Waals surface area contributed by atoms with E-state index in [-0.39, 0.29) is 5.91 Å². The molecule has 0 aliphatic carbocycles. The van der Waals surface area contributed by atoms with Crippen molar-refractivity contribution in [3.63, 3.8) is 0 Å². The summed E-state index contributed by atoms with van der Waals surface area (Å²) in [4.78, 5) is 30.1. The lowest BCUT2D eigenvalue weighted by Gasteiger charge is -2.38. The highest BCUT2D eigenvalue weighted by Crippen LogP contribution is 2.31. The van der Waals surface area contributed by atoms with Crippen LogP contribution in [0.3, 0.4) is 0 Å². The molecule has 3 aromatic carbocycles. The Kier molecular flexibility index (Phi) is 8.99. The van der Waals surface area contributed by atoms with Crippen molar-refractivity contribution >= 4 is 34.7 Å². The van der Waals surface area contributed by atoms with E-state index in [9.17, 15) is 14.0 Å². The molecule has 0 unspecified atom stereocenters. The largest absolute Gasteiger partial charge is 0.495 e. The second kappa shape index (κ2) is 12.8. The van der Waals surface area contributed by atoms with Crippen molar-refractivity contribution < 1.29 is 23.5 Å². The number of hydrogen-bond donors (Lipinski definition) is 3. The molecule has 1 aliphatic rings. The van der Waals surface area contributed by atoms with Gasteiger partial charge in [0.2, 0.25) is 0 Å². The number of halogens is 1. The maximum absolute atomic E-state index is 13.5. The fourth-order valence-corrected chi connectivity index (χ4v) is 4.37. The van der Waals surface area contributed by atoms with E-state index >= 15 is 0 Å². The summed E-state index contributed by atoms with van der Waals surface area (Å²) in [6.07, 6.45) is 0. The van der Waals surface area contributed by atoms with Gasteiger partial charge < -0.3 is 35.2 Å². The molecule has 0 aromatic heterocycles. The third-order valence-electron chi connectivity index (χ3n) is 6.22. The molecule has 1 saturated heterocycles. The number of benzene rings is 3. The van der Waals surface area contributed by atoms with Crippen LogP contribution < -0.4 is 30.5 Å². The van der Waals surface area contributed by atoms with Gasteiger partial charge in [-0.05, 0) is 48.5 Å². The number of nitrogens with one attached hydrogen (secondary N) is 3. The summed E-state index contributed by atoms with van der Waals surface area (Å²) in [6, 6.07) is 18.2. The lowest BCUT2D eigenvalue weighted by atomic mass is 10.1. The van der Waals surface area contributed by atoms with Gasteiger partial charge in [0.15, 0.2) is 0 Å². The highest BCUT2D eigenvalue weighted by atomic mass is 19.1. The highest BCUT2D eigenvalue weighted by Gasteiger charge is 2.24. The van der Waals surface area contributed by atoms with Crippen LogP contribution in [0.15, 0.2) is 66.7 Å². The van der Waals surface area contributed by atoms with Crippen molar-refractivity contribution in [2.24, 2.45) is 0 Å². The molecule has 0 atom stereocenters. The fourth-order valence-electron chi connectivity index (χ4n) is 4.37. The molecule has 0 saturated carbocycles. The quantitative estimate of drug-likeness (QED) is 0.366. The van der Waals surface area contributed by atoms with Crippen LogP contribution in [-0.2, 0) is 4.74 Å². The summed E-state index contributed by atoms with van der Waals surface area (Å²) in [6.45, 7) is 3.63. The van der Waals surface area contributed by atoms with Crippen LogP contribution in [0.2, 0.25) is 0 Å². The Morgan fingerprint density at radius 2 is 1.53 bits per heavy atom. The van der Waals surface area contributed by atoms with Crippen molar-refractivity contribution in [2.45, 2.75) is 0 Å². The number of carbonyl (C=O) groups excluding carboxylic acids is 2. The molecule has 0 spiro atoms. The number of ether oxygens (including phenoxy) is 2. The molecular formula is C28H32FN5O4. The molecule has 3 N–H and O–H groups in total. The van der Waals surface area contributed by atoms with Crippen molar-refractivity contribution in [3.05, 3.63) is 78.1 Å². The van der Waals surface area contributed by atoms with E-state index in [1.54, 1.807) is 32.4 Å². The van der Waals surface area contributed by atoms with Gasteiger partial charge in [-0.3, -0.25) is 4.79 Å². The fraction of sp³-hybridized carbons (Fsp3) is 0.286. The molecule has 10 heteroatoms. The zero-order valence-corrected chi connectivity index (χ0v) is 21.5. The molecule has 4 rings (SSSR count). The molecule has 3 aromatic rings. The first-order chi connectivity index (χ1) is 18.5. The van der Waals surface area contributed by atoms with Crippen molar-refractivity contribution in [2.75, 3.05) is 74.0 Å². The van der Waals surface area contributed by atoms with Gasteiger partial charge in [0, 0.05) is 56.9 Å². The lowest BCUT2D eigenvalue weighted by Crippen LogP contribution is -2.47. The van der Waals surface area contributed by atoms with Crippen LogP contribution in [0.4, 0.5) is 31.9 Å². The van der Waals surface area contributed by atoms with Crippen LogP contribution in [0.1, 0.15) is 10.4 Å². The Labute approximate surface area is 221 Å². The third kappa shape index (κ3) is 6.71. The van der Waals surface area contributed by atoms with Gasteiger partial charge in [0.25, 0.3) is 5.91 Å². The summed E-state index contributed by atoms with van der Waals surface area (Å²) in [5, 5.41) is 8.19.